The van der Waals surface area contributed by atoms with Crippen LogP contribution in [0.5, 0.6) is 0 Å². The number of nitrogens with one attached hydrogen (secondary N) is 2. The fourth-order valence-electron chi connectivity index (χ4n) is 4.69. The average Bonchev–Trinajstić information content (AvgIpc) is 2.93. The van der Waals surface area contributed by atoms with E-state index >= 15 is 0 Å². The number of nitrogens with zero attached hydrogens (tertiary/aromatic N) is 3. The largest absolute Gasteiger partial charge is 0.383 e. The third kappa shape index (κ3) is 6.08. The van der Waals surface area contributed by atoms with Gasteiger partial charge >= 0.3 is 0 Å². The standard InChI is InChI=1S/C29H28ClFN6O/c30-20-13-14-23-22(16-20)27(37-28(35-23)29(38)33-17-18-7-6-10-21(31)15-18)36-25-12-5-4-11-24(25)34-26(32)19-8-2-1-3-9-19/h1-3,6-10,13-16,24-25H,4-5,11-12,17H2,(H2,32,34)(H,33,38)(H,35,36,37)/t24-,25+/m1/s1. The van der Waals surface area contributed by atoms with Gasteiger partial charge < -0.3 is 16.4 Å². The van der Waals surface area contributed by atoms with E-state index in [9.17, 15) is 9.18 Å². The minimum atomic E-state index is -0.458. The van der Waals surface area contributed by atoms with Crippen molar-refractivity contribution in [2.75, 3.05) is 5.32 Å². The topological polar surface area (TPSA) is 105 Å². The van der Waals surface area contributed by atoms with Gasteiger partial charge in [-0.2, -0.15) is 0 Å². The molecule has 1 aromatic heterocycles. The summed E-state index contributed by atoms with van der Waals surface area (Å²) in [7, 11) is 0. The van der Waals surface area contributed by atoms with Crippen molar-refractivity contribution in [2.24, 2.45) is 10.7 Å². The van der Waals surface area contributed by atoms with Gasteiger partial charge in [0.1, 0.15) is 17.5 Å². The first-order chi connectivity index (χ1) is 18.5. The second-order valence-corrected chi connectivity index (χ2v) is 9.79. The second-order valence-electron chi connectivity index (χ2n) is 9.35. The van der Waals surface area contributed by atoms with Crippen LogP contribution in [0.2, 0.25) is 5.02 Å². The molecule has 2 atom stereocenters. The number of aliphatic imine (C=N–C) groups is 1. The molecule has 0 saturated heterocycles. The number of amides is 1. The van der Waals surface area contributed by atoms with Crippen molar-refractivity contribution in [1.82, 2.24) is 15.3 Å². The van der Waals surface area contributed by atoms with Crippen LogP contribution in [0, 0.1) is 5.82 Å². The molecule has 0 bridgehead atoms. The normalized spacial score (nSPS) is 17.8. The van der Waals surface area contributed by atoms with Crippen LogP contribution in [0.25, 0.3) is 10.9 Å². The van der Waals surface area contributed by atoms with Crippen molar-refractivity contribution in [3.63, 3.8) is 0 Å². The van der Waals surface area contributed by atoms with E-state index in [1.165, 1.54) is 12.1 Å². The van der Waals surface area contributed by atoms with Gasteiger partial charge in [-0.1, -0.05) is 66.9 Å². The quantitative estimate of drug-likeness (QED) is 0.217. The van der Waals surface area contributed by atoms with E-state index in [0.29, 0.717) is 33.1 Å². The molecular weight excluding hydrogens is 503 g/mol. The smallest absolute Gasteiger partial charge is 0.289 e. The number of anilines is 1. The van der Waals surface area contributed by atoms with Crippen LogP contribution >= 0.6 is 11.6 Å². The Kier molecular flexibility index (Phi) is 7.79. The third-order valence-electron chi connectivity index (χ3n) is 6.63. The number of carbonyl (C=O) groups is 1. The highest BCUT2D eigenvalue weighted by Crippen LogP contribution is 2.29. The van der Waals surface area contributed by atoms with Gasteiger partial charge in [-0.15, -0.1) is 0 Å². The lowest BCUT2D eigenvalue weighted by molar-refractivity contribution is 0.0941. The summed E-state index contributed by atoms with van der Waals surface area (Å²) in [6.07, 6.45) is 3.86. The molecule has 5 rings (SSSR count). The number of rotatable bonds is 7. The fourth-order valence-corrected chi connectivity index (χ4v) is 4.86. The summed E-state index contributed by atoms with van der Waals surface area (Å²) in [5.41, 5.74) is 8.46. The first-order valence-corrected chi connectivity index (χ1v) is 13.0. The Morgan fingerprint density at radius 3 is 2.66 bits per heavy atom. The molecule has 9 heteroatoms. The predicted octanol–water partition coefficient (Wildman–Crippen LogP) is 5.48. The van der Waals surface area contributed by atoms with E-state index in [-0.39, 0.29) is 30.3 Å². The summed E-state index contributed by atoms with van der Waals surface area (Å²) in [4.78, 5) is 26.9. The van der Waals surface area contributed by atoms with Crippen molar-refractivity contribution in [1.29, 1.82) is 0 Å². The molecule has 38 heavy (non-hydrogen) atoms. The molecule has 4 aromatic rings. The molecule has 0 aliphatic heterocycles. The zero-order valence-corrected chi connectivity index (χ0v) is 21.5. The van der Waals surface area contributed by atoms with Crippen LogP contribution in [-0.2, 0) is 6.54 Å². The maximum Gasteiger partial charge on any atom is 0.289 e. The van der Waals surface area contributed by atoms with E-state index in [1.807, 2.05) is 30.3 Å². The summed E-state index contributed by atoms with van der Waals surface area (Å²) in [6.45, 7) is 0.152. The summed E-state index contributed by atoms with van der Waals surface area (Å²) in [5.74, 6) is 0.204. The van der Waals surface area contributed by atoms with Crippen LogP contribution < -0.4 is 16.4 Å². The monoisotopic (exact) mass is 530 g/mol. The van der Waals surface area contributed by atoms with Crippen LogP contribution in [0.4, 0.5) is 10.2 Å². The predicted molar refractivity (Wildman–Crippen MR) is 149 cm³/mol. The van der Waals surface area contributed by atoms with Gasteiger partial charge in [0.15, 0.2) is 0 Å². The maximum absolute atomic E-state index is 13.5. The number of hydrogen-bond donors (Lipinski definition) is 3. The minimum absolute atomic E-state index is 0.0124. The number of hydrogen-bond acceptors (Lipinski definition) is 5. The summed E-state index contributed by atoms with van der Waals surface area (Å²) >= 11 is 6.30. The molecule has 0 radical (unpaired) electrons. The third-order valence-corrected chi connectivity index (χ3v) is 6.86. The zero-order chi connectivity index (χ0) is 26.5. The van der Waals surface area contributed by atoms with E-state index in [2.05, 4.69) is 20.6 Å². The van der Waals surface area contributed by atoms with Gasteiger partial charge in [0.25, 0.3) is 5.91 Å². The molecule has 1 saturated carbocycles. The molecule has 3 aromatic carbocycles. The summed E-state index contributed by atoms with van der Waals surface area (Å²) in [6, 6.07) is 21.0. The van der Waals surface area contributed by atoms with E-state index in [4.69, 9.17) is 22.3 Å². The number of benzene rings is 3. The molecule has 4 N–H and O–H groups in total. The SMILES string of the molecule is NC(=N[C@@H]1CCCC[C@@H]1Nc1nc(C(=O)NCc2cccc(F)c2)nc2ccc(Cl)cc12)c1ccccc1. The highest BCUT2D eigenvalue weighted by Gasteiger charge is 2.27. The van der Waals surface area contributed by atoms with Crippen molar-refractivity contribution < 1.29 is 9.18 Å². The summed E-state index contributed by atoms with van der Waals surface area (Å²) in [5, 5.41) is 7.56. The van der Waals surface area contributed by atoms with Gasteiger partial charge in [0.05, 0.1) is 11.6 Å². The molecule has 1 fully saturated rings. The lowest BCUT2D eigenvalue weighted by Crippen LogP contribution is -2.37. The average molecular weight is 531 g/mol. The molecule has 0 unspecified atom stereocenters. The Balaban J connectivity index is 1.42. The van der Waals surface area contributed by atoms with Crippen molar-refractivity contribution in [2.45, 2.75) is 44.3 Å². The molecule has 1 heterocycles. The Morgan fingerprint density at radius 2 is 1.84 bits per heavy atom. The molecule has 0 spiro atoms. The molecular formula is C29H28ClFN6O. The van der Waals surface area contributed by atoms with Crippen LogP contribution in [-0.4, -0.2) is 33.8 Å². The summed E-state index contributed by atoms with van der Waals surface area (Å²) < 4.78 is 13.5. The highest BCUT2D eigenvalue weighted by atomic mass is 35.5. The highest BCUT2D eigenvalue weighted by molar-refractivity contribution is 6.31. The van der Waals surface area contributed by atoms with Crippen LogP contribution in [0.3, 0.4) is 0 Å². The van der Waals surface area contributed by atoms with Crippen molar-refractivity contribution >= 4 is 40.1 Å². The second kappa shape index (κ2) is 11.6. The van der Waals surface area contributed by atoms with E-state index in [0.717, 1.165) is 31.2 Å². The number of nitrogens with two attached hydrogens (primary N) is 1. The first kappa shape index (κ1) is 25.6. The minimum Gasteiger partial charge on any atom is -0.383 e. The molecule has 194 valence electrons. The van der Waals surface area contributed by atoms with Crippen LogP contribution in [0.1, 0.15) is 47.4 Å². The van der Waals surface area contributed by atoms with Crippen LogP contribution in [0.15, 0.2) is 77.8 Å². The number of fused-ring (bicyclic) bond motifs is 1. The maximum atomic E-state index is 13.5. The molecule has 1 amide bonds. The molecule has 1 aliphatic carbocycles. The first-order valence-electron chi connectivity index (χ1n) is 12.6. The zero-order valence-electron chi connectivity index (χ0n) is 20.7. The van der Waals surface area contributed by atoms with E-state index < -0.39 is 5.91 Å². The molecule has 1 aliphatic rings. The van der Waals surface area contributed by atoms with Gasteiger partial charge in [-0.25, -0.2) is 14.4 Å². The lowest BCUT2D eigenvalue weighted by Gasteiger charge is -2.30. The number of amidine groups is 1. The Morgan fingerprint density at radius 1 is 1.03 bits per heavy atom. The Hall–Kier alpha value is -4.04. The van der Waals surface area contributed by atoms with Crippen molar-refractivity contribution in [3.8, 4) is 0 Å². The fraction of sp³-hybridized carbons (Fsp3) is 0.241. The van der Waals surface area contributed by atoms with Crippen molar-refractivity contribution in [3.05, 3.63) is 101 Å². The van der Waals surface area contributed by atoms with Gasteiger partial charge in [-0.05, 0) is 48.7 Å². The van der Waals surface area contributed by atoms with Gasteiger partial charge in [-0.3, -0.25) is 9.79 Å². The lowest BCUT2D eigenvalue weighted by atomic mass is 9.90. The number of carbonyl (C=O) groups excluding carboxylic acids is 1. The molecule has 7 nitrogen and oxygen atoms in total. The number of aromatic nitrogens is 2. The Labute approximate surface area is 225 Å². The van der Waals surface area contributed by atoms with E-state index in [1.54, 1.807) is 30.3 Å². The Bertz CT molecular complexity index is 1480. The van der Waals surface area contributed by atoms with Gasteiger partial charge in [0, 0.05) is 28.6 Å². The number of halogens is 2. The van der Waals surface area contributed by atoms with Gasteiger partial charge in [0.2, 0.25) is 5.82 Å².